The number of phenolic OH excluding ortho intramolecular Hbond substituents is 1. The van der Waals surface area contributed by atoms with Crippen molar-refractivity contribution in [3.05, 3.63) is 29.6 Å². The van der Waals surface area contributed by atoms with Crippen molar-refractivity contribution in [1.29, 1.82) is 0 Å². The van der Waals surface area contributed by atoms with Gasteiger partial charge in [-0.05, 0) is 31.4 Å². The molecule has 0 bridgehead atoms. The van der Waals surface area contributed by atoms with E-state index in [-0.39, 0.29) is 5.75 Å². The van der Waals surface area contributed by atoms with Gasteiger partial charge in [0.2, 0.25) is 0 Å². The maximum Gasteiger partial charge on any atom is 0.127 e. The van der Waals surface area contributed by atoms with Crippen molar-refractivity contribution in [1.82, 2.24) is 0 Å². The second-order valence-corrected chi connectivity index (χ2v) is 3.73. The summed E-state index contributed by atoms with van der Waals surface area (Å²) >= 11 is 5.52. The van der Waals surface area contributed by atoms with Crippen LogP contribution in [0.4, 0.5) is 4.39 Å². The van der Waals surface area contributed by atoms with Crippen LogP contribution in [-0.2, 0) is 0 Å². The normalized spacial score (nSPS) is 11.8. The van der Waals surface area contributed by atoms with Gasteiger partial charge < -0.3 is 10.3 Å². The molecule has 0 spiro atoms. The number of phenols is 1. The lowest BCUT2D eigenvalue weighted by Gasteiger charge is -2.06. The Balaban J connectivity index is 2.80. The van der Waals surface area contributed by atoms with Crippen LogP contribution in [0.15, 0.2) is 23.4 Å². The molecule has 0 unspecified atom stereocenters. The summed E-state index contributed by atoms with van der Waals surface area (Å²) in [5.74, 6) is -0.216. The Kier molecular flexibility index (Phi) is 5.05. The molecule has 0 aliphatic carbocycles. The predicted octanol–water partition coefficient (Wildman–Crippen LogP) is 3.12. The van der Waals surface area contributed by atoms with Crippen LogP contribution in [-0.4, -0.2) is 21.9 Å². The highest BCUT2D eigenvalue weighted by molar-refractivity contribution is 6.17. The van der Waals surface area contributed by atoms with Crippen molar-refractivity contribution in [2.24, 2.45) is 5.16 Å². The molecule has 0 saturated carbocycles. The SMILES string of the molecule is O/N=C(/CCCCCl)c1ccc(F)cc1O. The van der Waals surface area contributed by atoms with Crippen LogP contribution in [0.5, 0.6) is 5.75 Å². The molecule has 0 radical (unpaired) electrons. The zero-order valence-electron chi connectivity index (χ0n) is 8.66. The van der Waals surface area contributed by atoms with Crippen LogP contribution in [0.1, 0.15) is 24.8 Å². The van der Waals surface area contributed by atoms with Crippen LogP contribution >= 0.6 is 11.6 Å². The lowest BCUT2D eigenvalue weighted by Crippen LogP contribution is -2.02. The van der Waals surface area contributed by atoms with E-state index in [1.165, 1.54) is 12.1 Å². The first kappa shape index (κ1) is 12.8. The molecule has 0 aliphatic rings. The van der Waals surface area contributed by atoms with Gasteiger partial charge in [0.05, 0.1) is 5.71 Å². The van der Waals surface area contributed by atoms with Gasteiger partial charge in [0.15, 0.2) is 0 Å². The molecular weight excluding hydrogens is 233 g/mol. The van der Waals surface area contributed by atoms with Crippen LogP contribution in [0.2, 0.25) is 0 Å². The number of nitrogens with zero attached hydrogens (tertiary/aromatic N) is 1. The number of alkyl halides is 1. The van der Waals surface area contributed by atoms with Gasteiger partial charge in [-0.3, -0.25) is 0 Å². The van der Waals surface area contributed by atoms with Crippen molar-refractivity contribution in [2.45, 2.75) is 19.3 Å². The molecule has 0 fully saturated rings. The molecule has 0 saturated heterocycles. The van der Waals surface area contributed by atoms with E-state index in [4.69, 9.17) is 16.8 Å². The highest BCUT2D eigenvalue weighted by Crippen LogP contribution is 2.21. The molecule has 0 amide bonds. The van der Waals surface area contributed by atoms with E-state index >= 15 is 0 Å². The van der Waals surface area contributed by atoms with Gasteiger partial charge in [0, 0.05) is 17.5 Å². The summed E-state index contributed by atoms with van der Waals surface area (Å²) in [5, 5.41) is 21.4. The molecular formula is C11H13ClFNO2. The van der Waals surface area contributed by atoms with Crippen LogP contribution in [0.3, 0.4) is 0 Å². The van der Waals surface area contributed by atoms with Crippen LogP contribution in [0.25, 0.3) is 0 Å². The number of hydrogen-bond donors (Lipinski definition) is 2. The van der Waals surface area contributed by atoms with Gasteiger partial charge >= 0.3 is 0 Å². The summed E-state index contributed by atoms with van der Waals surface area (Å²) in [6.45, 7) is 0. The molecule has 16 heavy (non-hydrogen) atoms. The minimum Gasteiger partial charge on any atom is -0.507 e. The largest absolute Gasteiger partial charge is 0.507 e. The minimum absolute atomic E-state index is 0.223. The fraction of sp³-hybridized carbons (Fsp3) is 0.364. The van der Waals surface area contributed by atoms with Crippen molar-refractivity contribution in [2.75, 3.05) is 5.88 Å². The molecule has 0 atom stereocenters. The Bertz CT molecular complexity index is 382. The van der Waals surface area contributed by atoms with Crippen molar-refractivity contribution in [3.8, 4) is 5.75 Å². The van der Waals surface area contributed by atoms with E-state index in [0.29, 0.717) is 23.6 Å². The molecule has 1 rings (SSSR count). The summed E-state index contributed by atoms with van der Waals surface area (Å²) < 4.78 is 12.7. The monoisotopic (exact) mass is 245 g/mol. The molecule has 1 aromatic rings. The zero-order valence-corrected chi connectivity index (χ0v) is 9.41. The third kappa shape index (κ3) is 3.38. The molecule has 0 aromatic heterocycles. The first-order chi connectivity index (χ1) is 7.69. The fourth-order valence-electron chi connectivity index (χ4n) is 1.37. The van der Waals surface area contributed by atoms with Crippen molar-refractivity contribution in [3.63, 3.8) is 0 Å². The van der Waals surface area contributed by atoms with E-state index in [1.807, 2.05) is 0 Å². The third-order valence-electron chi connectivity index (χ3n) is 2.19. The summed E-state index contributed by atoms with van der Waals surface area (Å²) in [7, 11) is 0. The van der Waals surface area contributed by atoms with Crippen LogP contribution < -0.4 is 0 Å². The number of hydrogen-bond acceptors (Lipinski definition) is 3. The Morgan fingerprint density at radius 1 is 1.38 bits per heavy atom. The molecule has 3 nitrogen and oxygen atoms in total. The smallest absolute Gasteiger partial charge is 0.127 e. The number of rotatable bonds is 5. The topological polar surface area (TPSA) is 52.8 Å². The van der Waals surface area contributed by atoms with E-state index in [9.17, 15) is 9.50 Å². The van der Waals surface area contributed by atoms with Gasteiger partial charge in [-0.1, -0.05) is 5.16 Å². The highest BCUT2D eigenvalue weighted by Gasteiger charge is 2.10. The van der Waals surface area contributed by atoms with Crippen molar-refractivity contribution < 1.29 is 14.7 Å². The quantitative estimate of drug-likeness (QED) is 0.275. The van der Waals surface area contributed by atoms with Gasteiger partial charge in [0.1, 0.15) is 11.6 Å². The maximum atomic E-state index is 12.7. The second kappa shape index (κ2) is 6.33. The molecule has 5 heteroatoms. The molecule has 0 heterocycles. The first-order valence-electron chi connectivity index (χ1n) is 4.95. The maximum absolute atomic E-state index is 12.7. The first-order valence-corrected chi connectivity index (χ1v) is 5.48. The zero-order chi connectivity index (χ0) is 12.0. The average Bonchev–Trinajstić information content (AvgIpc) is 2.26. The highest BCUT2D eigenvalue weighted by atomic mass is 35.5. The number of halogens is 2. The van der Waals surface area contributed by atoms with E-state index in [1.54, 1.807) is 0 Å². The van der Waals surface area contributed by atoms with Crippen molar-refractivity contribution >= 4 is 17.3 Å². The fourth-order valence-corrected chi connectivity index (χ4v) is 1.56. The number of benzene rings is 1. The van der Waals surface area contributed by atoms with Gasteiger partial charge in [-0.15, -0.1) is 11.6 Å². The Hall–Kier alpha value is -1.29. The molecule has 1 aromatic carbocycles. The Labute approximate surface area is 98.2 Å². The van der Waals surface area contributed by atoms with E-state index < -0.39 is 5.82 Å². The summed E-state index contributed by atoms with van der Waals surface area (Å²) in [6.07, 6.45) is 2.03. The summed E-state index contributed by atoms with van der Waals surface area (Å²) in [6, 6.07) is 3.59. The standard InChI is InChI=1S/C11H13ClFNO2/c12-6-2-1-3-10(14-16)9-5-4-8(13)7-11(9)15/h4-5,7,15-16H,1-3,6H2/b14-10-. The van der Waals surface area contributed by atoms with Gasteiger partial charge in [-0.25, -0.2) is 4.39 Å². The summed E-state index contributed by atoms with van der Waals surface area (Å²) in [4.78, 5) is 0. The lowest BCUT2D eigenvalue weighted by molar-refractivity contribution is 0.317. The molecule has 0 aliphatic heterocycles. The summed E-state index contributed by atoms with van der Waals surface area (Å²) in [5.41, 5.74) is 0.682. The number of oxime groups is 1. The van der Waals surface area contributed by atoms with E-state index in [0.717, 1.165) is 18.9 Å². The number of unbranched alkanes of at least 4 members (excludes halogenated alkanes) is 1. The Morgan fingerprint density at radius 3 is 2.69 bits per heavy atom. The predicted molar refractivity (Wildman–Crippen MR) is 61.0 cm³/mol. The average molecular weight is 246 g/mol. The molecule has 2 N–H and O–H groups in total. The second-order valence-electron chi connectivity index (χ2n) is 3.35. The number of aromatic hydroxyl groups is 1. The third-order valence-corrected chi connectivity index (χ3v) is 2.46. The van der Waals surface area contributed by atoms with E-state index in [2.05, 4.69) is 5.16 Å². The van der Waals surface area contributed by atoms with Gasteiger partial charge in [-0.2, -0.15) is 0 Å². The Morgan fingerprint density at radius 2 is 2.12 bits per heavy atom. The minimum atomic E-state index is -0.528. The van der Waals surface area contributed by atoms with Crippen LogP contribution in [0, 0.1) is 5.82 Å². The lowest BCUT2D eigenvalue weighted by atomic mass is 10.0. The molecule has 88 valence electrons. The van der Waals surface area contributed by atoms with Gasteiger partial charge in [0.25, 0.3) is 0 Å².